The van der Waals surface area contributed by atoms with Gasteiger partial charge in [0.05, 0.1) is 18.1 Å². The van der Waals surface area contributed by atoms with Crippen molar-refractivity contribution in [1.29, 1.82) is 5.26 Å². The largest absolute Gasteiger partial charge is 0.494 e. The van der Waals surface area contributed by atoms with Crippen molar-refractivity contribution >= 4 is 10.0 Å². The number of halogens is 4. The van der Waals surface area contributed by atoms with E-state index in [0.29, 0.717) is 6.07 Å². The maximum atomic E-state index is 13.6. The molecule has 0 atom stereocenters. The van der Waals surface area contributed by atoms with Crippen molar-refractivity contribution < 1.29 is 30.7 Å². The second kappa shape index (κ2) is 6.93. The number of nitrogens with zero attached hydrogens (tertiary/aromatic N) is 2. The number of alkyl halides is 3. The van der Waals surface area contributed by atoms with Gasteiger partial charge in [-0.05, 0) is 18.2 Å². The number of hydrogen-bond acceptors (Lipinski definition) is 4. The summed E-state index contributed by atoms with van der Waals surface area (Å²) in [5.74, 6) is -1.26. The van der Waals surface area contributed by atoms with Gasteiger partial charge in [-0.15, -0.1) is 0 Å². The minimum absolute atomic E-state index is 0.0947. The average molecular weight is 340 g/mol. The molecule has 0 N–H and O–H groups in total. The van der Waals surface area contributed by atoms with Crippen LogP contribution in [0.3, 0.4) is 0 Å². The third kappa shape index (κ3) is 4.57. The van der Waals surface area contributed by atoms with Gasteiger partial charge in [-0.1, -0.05) is 0 Å². The fourth-order valence-corrected chi connectivity index (χ4v) is 3.05. The van der Waals surface area contributed by atoms with Crippen LogP contribution in [0.4, 0.5) is 17.6 Å². The Balaban J connectivity index is 3.20. The lowest BCUT2D eigenvalue weighted by molar-refractivity contribution is -0.136. The second-order valence-electron chi connectivity index (χ2n) is 4.16. The molecule has 0 aliphatic carbocycles. The molecular formula is C12H12F4N2O3S. The smallest absolute Gasteiger partial charge is 0.402 e. The first kappa shape index (κ1) is 18.2. The first-order valence-corrected chi connectivity index (χ1v) is 7.33. The first-order chi connectivity index (χ1) is 10.1. The van der Waals surface area contributed by atoms with E-state index in [1.807, 2.05) is 0 Å². The van der Waals surface area contributed by atoms with Crippen molar-refractivity contribution in [2.45, 2.75) is 17.5 Å². The molecule has 0 saturated carbocycles. The Morgan fingerprint density at radius 2 is 2.00 bits per heavy atom. The van der Waals surface area contributed by atoms with E-state index in [0.717, 1.165) is 19.2 Å². The first-order valence-electron chi connectivity index (χ1n) is 5.89. The zero-order chi connectivity index (χ0) is 17.0. The van der Waals surface area contributed by atoms with Crippen molar-refractivity contribution in [3.63, 3.8) is 0 Å². The van der Waals surface area contributed by atoms with Crippen LogP contribution < -0.4 is 4.74 Å². The summed E-state index contributed by atoms with van der Waals surface area (Å²) in [5, 5.41) is 8.43. The molecule has 0 aliphatic rings. The number of hydrogen-bond donors (Lipinski definition) is 0. The zero-order valence-corrected chi connectivity index (χ0v) is 12.2. The summed E-state index contributed by atoms with van der Waals surface area (Å²) in [6.45, 7) is -2.41. The van der Waals surface area contributed by atoms with Crippen LogP contribution in [0.15, 0.2) is 23.1 Å². The monoisotopic (exact) mass is 340 g/mol. The van der Waals surface area contributed by atoms with E-state index in [1.54, 1.807) is 6.07 Å². The van der Waals surface area contributed by atoms with Crippen LogP contribution in [0, 0.1) is 17.1 Å². The predicted octanol–water partition coefficient (Wildman–Crippen LogP) is 2.30. The Bertz CT molecular complexity index is 668. The number of rotatable bonds is 6. The molecule has 0 aliphatic heterocycles. The molecule has 0 radical (unpaired) electrons. The van der Waals surface area contributed by atoms with Crippen molar-refractivity contribution in [1.82, 2.24) is 4.31 Å². The fraction of sp³-hybridized carbons (Fsp3) is 0.417. The molecule has 0 aromatic heterocycles. The quantitative estimate of drug-likeness (QED) is 0.745. The fourth-order valence-electron chi connectivity index (χ4n) is 1.62. The summed E-state index contributed by atoms with van der Waals surface area (Å²) in [6.07, 6.45) is -5.21. The lowest BCUT2D eigenvalue weighted by Gasteiger charge is -2.22. The molecule has 0 amide bonds. The highest BCUT2D eigenvalue weighted by molar-refractivity contribution is 7.89. The van der Waals surface area contributed by atoms with E-state index in [9.17, 15) is 26.0 Å². The second-order valence-corrected chi connectivity index (χ2v) is 6.10. The predicted molar refractivity (Wildman–Crippen MR) is 68.0 cm³/mol. The molecule has 0 fully saturated rings. The van der Waals surface area contributed by atoms with Crippen LogP contribution >= 0.6 is 0 Å². The Labute approximate surface area is 124 Å². The van der Waals surface area contributed by atoms with Gasteiger partial charge < -0.3 is 4.74 Å². The Hall–Kier alpha value is -1.86. The number of benzene rings is 1. The maximum Gasteiger partial charge on any atom is 0.402 e. The van der Waals surface area contributed by atoms with Gasteiger partial charge in [-0.25, -0.2) is 12.8 Å². The summed E-state index contributed by atoms with van der Waals surface area (Å²) < 4.78 is 80.1. The minimum atomic E-state index is -4.78. The standard InChI is InChI=1S/C12H12F4N2O3S/c1-21-11-4-3-9(7-10(11)13)22(19,20)18(6-2-5-17)8-12(14,15)16/h3-4,7H,2,6,8H2,1H3. The Morgan fingerprint density at radius 1 is 1.36 bits per heavy atom. The van der Waals surface area contributed by atoms with Crippen LogP contribution in [0.5, 0.6) is 5.75 Å². The van der Waals surface area contributed by atoms with Gasteiger partial charge >= 0.3 is 6.18 Å². The molecule has 0 saturated heterocycles. The summed E-state index contributed by atoms with van der Waals surface area (Å²) in [7, 11) is -3.43. The van der Waals surface area contributed by atoms with E-state index >= 15 is 0 Å². The van der Waals surface area contributed by atoms with Crippen molar-refractivity contribution in [2.75, 3.05) is 20.2 Å². The molecule has 0 heterocycles. The highest BCUT2D eigenvalue weighted by Crippen LogP contribution is 2.26. The molecule has 10 heteroatoms. The van der Waals surface area contributed by atoms with Gasteiger partial charge in [-0.3, -0.25) is 0 Å². The Morgan fingerprint density at radius 3 is 2.45 bits per heavy atom. The molecule has 22 heavy (non-hydrogen) atoms. The Kier molecular flexibility index (Phi) is 5.73. The van der Waals surface area contributed by atoms with E-state index < -0.39 is 46.4 Å². The highest BCUT2D eigenvalue weighted by Gasteiger charge is 2.37. The zero-order valence-electron chi connectivity index (χ0n) is 11.4. The molecule has 0 spiro atoms. The van der Waals surface area contributed by atoms with Crippen molar-refractivity contribution in [2.24, 2.45) is 0 Å². The number of sulfonamides is 1. The molecule has 0 bridgehead atoms. The van der Waals surface area contributed by atoms with E-state index in [2.05, 4.69) is 4.74 Å². The van der Waals surface area contributed by atoms with Crippen molar-refractivity contribution in [3.8, 4) is 11.8 Å². The lowest BCUT2D eigenvalue weighted by Crippen LogP contribution is -2.39. The number of methoxy groups -OCH3 is 1. The van der Waals surface area contributed by atoms with Gasteiger partial charge in [0.25, 0.3) is 0 Å². The molecule has 122 valence electrons. The molecule has 1 aromatic carbocycles. The minimum Gasteiger partial charge on any atom is -0.494 e. The lowest BCUT2D eigenvalue weighted by atomic mass is 10.3. The maximum absolute atomic E-state index is 13.6. The summed E-state index contributed by atoms with van der Waals surface area (Å²) in [6, 6.07) is 4.08. The molecule has 0 unspecified atom stereocenters. The van der Waals surface area contributed by atoms with Gasteiger partial charge in [0.2, 0.25) is 10.0 Å². The van der Waals surface area contributed by atoms with E-state index in [4.69, 9.17) is 5.26 Å². The van der Waals surface area contributed by atoms with Gasteiger partial charge in [-0.2, -0.15) is 22.7 Å². The molecule has 1 rings (SSSR count). The number of nitriles is 1. The molecule has 1 aromatic rings. The summed E-state index contributed by atoms with van der Waals surface area (Å²) >= 11 is 0. The topological polar surface area (TPSA) is 70.4 Å². The summed E-state index contributed by atoms with van der Waals surface area (Å²) in [4.78, 5) is -0.645. The van der Waals surface area contributed by atoms with E-state index in [-0.39, 0.29) is 10.1 Å². The van der Waals surface area contributed by atoms with Crippen LogP contribution in [-0.2, 0) is 10.0 Å². The number of ether oxygens (including phenoxy) is 1. The molecule has 5 nitrogen and oxygen atoms in total. The van der Waals surface area contributed by atoms with Gasteiger partial charge in [0.15, 0.2) is 11.6 Å². The SMILES string of the molecule is COc1ccc(S(=O)(=O)N(CCC#N)CC(F)(F)F)cc1F. The summed E-state index contributed by atoms with van der Waals surface area (Å²) in [5.41, 5.74) is 0. The van der Waals surface area contributed by atoms with Gasteiger partial charge in [0.1, 0.15) is 6.54 Å². The average Bonchev–Trinajstić information content (AvgIpc) is 2.42. The van der Waals surface area contributed by atoms with Crippen LogP contribution in [0.25, 0.3) is 0 Å². The van der Waals surface area contributed by atoms with Crippen LogP contribution in [0.1, 0.15) is 6.42 Å². The van der Waals surface area contributed by atoms with Crippen LogP contribution in [0.2, 0.25) is 0 Å². The van der Waals surface area contributed by atoms with Crippen LogP contribution in [-0.4, -0.2) is 39.1 Å². The highest BCUT2D eigenvalue weighted by atomic mass is 32.2. The van der Waals surface area contributed by atoms with Crippen molar-refractivity contribution in [3.05, 3.63) is 24.0 Å². The van der Waals surface area contributed by atoms with Gasteiger partial charge in [0, 0.05) is 13.0 Å². The van der Waals surface area contributed by atoms with E-state index in [1.165, 1.54) is 0 Å². The normalized spacial score (nSPS) is 12.2. The molecular weight excluding hydrogens is 328 g/mol. The third-order valence-electron chi connectivity index (χ3n) is 2.59. The third-order valence-corrected chi connectivity index (χ3v) is 4.43.